The molecule has 3 rings (SSSR count). The minimum atomic E-state index is -0.576. The summed E-state index contributed by atoms with van der Waals surface area (Å²) in [5, 5.41) is 3.13. The van der Waals surface area contributed by atoms with Gasteiger partial charge in [0.1, 0.15) is 11.8 Å². The van der Waals surface area contributed by atoms with Gasteiger partial charge in [-0.25, -0.2) is 4.90 Å². The number of nitrogens with one attached hydrogen (secondary N) is 1. The van der Waals surface area contributed by atoms with Gasteiger partial charge in [0.2, 0.25) is 5.91 Å². The van der Waals surface area contributed by atoms with Gasteiger partial charge < -0.3 is 10.1 Å². The van der Waals surface area contributed by atoms with E-state index in [1.54, 1.807) is 18.2 Å². The summed E-state index contributed by atoms with van der Waals surface area (Å²) < 4.78 is 6.49. The molecule has 1 N–H and O–H groups in total. The monoisotopic (exact) mass is 388 g/mol. The molecule has 1 aliphatic rings. The maximum absolute atomic E-state index is 12.7. The maximum Gasteiger partial charge on any atom is 0.256 e. The largest absolute Gasteiger partial charge is 0.492 e. The van der Waals surface area contributed by atoms with Crippen LogP contribution >= 0.6 is 15.9 Å². The molecule has 0 radical (unpaired) electrons. The number of carbonyl (C=O) groups excluding carboxylic acids is 2. The summed E-state index contributed by atoms with van der Waals surface area (Å²) in [6.45, 7) is 2.33. The molecule has 1 fully saturated rings. The van der Waals surface area contributed by atoms with Gasteiger partial charge >= 0.3 is 0 Å². The van der Waals surface area contributed by atoms with Crippen molar-refractivity contribution in [3.8, 4) is 5.75 Å². The average Bonchev–Trinajstić information content (AvgIpc) is 2.85. The molecule has 5 nitrogen and oxygen atoms in total. The number of halogens is 1. The van der Waals surface area contributed by atoms with Crippen LogP contribution in [0.5, 0.6) is 5.75 Å². The normalized spacial score (nSPS) is 17.2. The lowest BCUT2D eigenvalue weighted by atomic mass is 10.2. The van der Waals surface area contributed by atoms with Gasteiger partial charge in [-0.15, -0.1) is 0 Å². The van der Waals surface area contributed by atoms with Crippen LogP contribution in [0.3, 0.4) is 0 Å². The molecule has 1 saturated heterocycles. The Kier molecular flexibility index (Phi) is 4.85. The number of hydrogen-bond acceptors (Lipinski definition) is 4. The standard InChI is InChI=1S/C18H17BrN2O3/c1-2-24-16-6-4-3-5-15(16)21-17(22)11-14(18(21)23)20-13-9-7-12(19)8-10-13/h3-10,14,20H,2,11H2,1H3. The third kappa shape index (κ3) is 3.28. The Balaban J connectivity index is 1.83. The van der Waals surface area contributed by atoms with Crippen molar-refractivity contribution in [2.75, 3.05) is 16.8 Å². The molecule has 124 valence electrons. The van der Waals surface area contributed by atoms with Crippen LogP contribution in [0.4, 0.5) is 11.4 Å². The van der Waals surface area contributed by atoms with E-state index in [9.17, 15) is 9.59 Å². The van der Waals surface area contributed by atoms with Gasteiger partial charge in [-0.05, 0) is 43.3 Å². The number of amides is 2. The molecule has 1 unspecified atom stereocenters. The zero-order valence-corrected chi connectivity index (χ0v) is 14.7. The molecule has 1 heterocycles. The van der Waals surface area contributed by atoms with E-state index in [1.807, 2.05) is 37.3 Å². The number of anilines is 2. The number of benzene rings is 2. The highest BCUT2D eigenvalue weighted by atomic mass is 79.9. The molecule has 6 heteroatoms. The summed E-state index contributed by atoms with van der Waals surface area (Å²) in [7, 11) is 0. The average molecular weight is 389 g/mol. The summed E-state index contributed by atoms with van der Waals surface area (Å²) in [6, 6.07) is 14.0. The second kappa shape index (κ2) is 7.05. The molecule has 0 aromatic heterocycles. The molecular weight excluding hydrogens is 372 g/mol. The second-order valence-corrected chi connectivity index (χ2v) is 6.29. The van der Waals surface area contributed by atoms with Gasteiger partial charge in [0, 0.05) is 10.2 Å². The van der Waals surface area contributed by atoms with Crippen LogP contribution in [-0.2, 0) is 9.59 Å². The van der Waals surface area contributed by atoms with Crippen LogP contribution < -0.4 is 15.0 Å². The van der Waals surface area contributed by atoms with Crippen molar-refractivity contribution in [1.29, 1.82) is 0 Å². The molecular formula is C18H17BrN2O3. The minimum absolute atomic E-state index is 0.120. The van der Waals surface area contributed by atoms with Crippen molar-refractivity contribution in [3.63, 3.8) is 0 Å². The first-order chi connectivity index (χ1) is 11.6. The molecule has 2 aromatic rings. The molecule has 2 aromatic carbocycles. The number of hydrogen-bond donors (Lipinski definition) is 1. The van der Waals surface area contributed by atoms with E-state index < -0.39 is 6.04 Å². The number of para-hydroxylation sites is 2. The Morgan fingerprint density at radius 1 is 1.17 bits per heavy atom. The van der Waals surface area contributed by atoms with Crippen molar-refractivity contribution < 1.29 is 14.3 Å². The molecule has 1 atom stereocenters. The molecule has 0 aliphatic carbocycles. The van der Waals surface area contributed by atoms with Crippen molar-refractivity contribution in [1.82, 2.24) is 0 Å². The predicted molar refractivity (Wildman–Crippen MR) is 96.3 cm³/mol. The zero-order valence-electron chi connectivity index (χ0n) is 13.2. The minimum Gasteiger partial charge on any atom is -0.492 e. The van der Waals surface area contributed by atoms with Crippen LogP contribution in [-0.4, -0.2) is 24.5 Å². The third-order valence-electron chi connectivity index (χ3n) is 3.74. The lowest BCUT2D eigenvalue weighted by molar-refractivity contribution is -0.121. The van der Waals surface area contributed by atoms with Crippen LogP contribution in [0, 0.1) is 0 Å². The van der Waals surface area contributed by atoms with Gasteiger partial charge in [-0.3, -0.25) is 9.59 Å². The molecule has 2 amide bonds. The highest BCUT2D eigenvalue weighted by Gasteiger charge is 2.40. The highest BCUT2D eigenvalue weighted by Crippen LogP contribution is 2.32. The summed E-state index contributed by atoms with van der Waals surface area (Å²) in [4.78, 5) is 26.3. The number of nitrogens with zero attached hydrogens (tertiary/aromatic N) is 1. The summed E-state index contributed by atoms with van der Waals surface area (Å²) in [5.41, 5.74) is 1.29. The predicted octanol–water partition coefficient (Wildman–Crippen LogP) is 3.59. The fourth-order valence-corrected chi connectivity index (χ4v) is 2.93. The van der Waals surface area contributed by atoms with E-state index in [2.05, 4.69) is 21.2 Å². The topological polar surface area (TPSA) is 58.6 Å². The van der Waals surface area contributed by atoms with E-state index >= 15 is 0 Å². The molecule has 0 bridgehead atoms. The zero-order chi connectivity index (χ0) is 17.1. The fourth-order valence-electron chi connectivity index (χ4n) is 2.66. The van der Waals surface area contributed by atoms with Crippen LogP contribution in [0.2, 0.25) is 0 Å². The van der Waals surface area contributed by atoms with Crippen LogP contribution in [0.1, 0.15) is 13.3 Å². The van der Waals surface area contributed by atoms with Gasteiger partial charge in [0.15, 0.2) is 0 Å². The van der Waals surface area contributed by atoms with Gasteiger partial charge in [-0.1, -0.05) is 28.1 Å². The fraction of sp³-hybridized carbons (Fsp3) is 0.222. The third-order valence-corrected chi connectivity index (χ3v) is 4.27. The maximum atomic E-state index is 12.7. The summed E-state index contributed by atoms with van der Waals surface area (Å²) in [6.07, 6.45) is 0.120. The Hall–Kier alpha value is -2.34. The van der Waals surface area contributed by atoms with Gasteiger partial charge in [-0.2, -0.15) is 0 Å². The lowest BCUT2D eigenvalue weighted by Gasteiger charge is -2.19. The van der Waals surface area contributed by atoms with E-state index in [-0.39, 0.29) is 18.2 Å². The summed E-state index contributed by atoms with van der Waals surface area (Å²) >= 11 is 3.37. The van der Waals surface area contributed by atoms with Crippen LogP contribution in [0.15, 0.2) is 53.0 Å². The quantitative estimate of drug-likeness (QED) is 0.795. The number of carbonyl (C=O) groups is 2. The molecule has 0 spiro atoms. The first-order valence-electron chi connectivity index (χ1n) is 7.71. The Bertz CT molecular complexity index is 761. The number of ether oxygens (including phenoxy) is 1. The molecule has 1 aliphatic heterocycles. The SMILES string of the molecule is CCOc1ccccc1N1C(=O)CC(Nc2ccc(Br)cc2)C1=O. The second-order valence-electron chi connectivity index (χ2n) is 5.38. The van der Waals surface area contributed by atoms with Crippen molar-refractivity contribution in [2.24, 2.45) is 0 Å². The Labute approximate surface area is 148 Å². The van der Waals surface area contributed by atoms with Crippen molar-refractivity contribution in [3.05, 3.63) is 53.0 Å². The van der Waals surface area contributed by atoms with Crippen molar-refractivity contribution >= 4 is 39.1 Å². The van der Waals surface area contributed by atoms with E-state index in [0.29, 0.717) is 18.0 Å². The van der Waals surface area contributed by atoms with Crippen molar-refractivity contribution in [2.45, 2.75) is 19.4 Å². The number of imide groups is 1. The lowest BCUT2D eigenvalue weighted by Crippen LogP contribution is -2.35. The first-order valence-corrected chi connectivity index (χ1v) is 8.50. The Morgan fingerprint density at radius 3 is 2.58 bits per heavy atom. The Morgan fingerprint density at radius 2 is 1.88 bits per heavy atom. The molecule has 24 heavy (non-hydrogen) atoms. The smallest absolute Gasteiger partial charge is 0.256 e. The van der Waals surface area contributed by atoms with E-state index in [1.165, 1.54) is 4.90 Å². The van der Waals surface area contributed by atoms with E-state index in [4.69, 9.17) is 4.74 Å². The highest BCUT2D eigenvalue weighted by molar-refractivity contribution is 9.10. The van der Waals surface area contributed by atoms with Gasteiger partial charge in [0.05, 0.1) is 18.7 Å². The van der Waals surface area contributed by atoms with Crippen LogP contribution in [0.25, 0.3) is 0 Å². The van der Waals surface area contributed by atoms with Gasteiger partial charge in [0.25, 0.3) is 5.91 Å². The molecule has 0 saturated carbocycles. The summed E-state index contributed by atoms with van der Waals surface area (Å²) in [5.74, 6) is 0.0304. The number of rotatable bonds is 5. The van der Waals surface area contributed by atoms with E-state index in [0.717, 1.165) is 10.2 Å². The first kappa shape index (κ1) is 16.5.